The molecule has 0 atom stereocenters. The number of fused-ring (bicyclic) bond motifs is 1. The topological polar surface area (TPSA) is 57.6 Å². The fourth-order valence-corrected chi connectivity index (χ4v) is 3.31. The molecule has 0 spiro atoms. The molecule has 1 aliphatic heterocycles. The third kappa shape index (κ3) is 2.89. The molecule has 0 unspecified atom stereocenters. The third-order valence-corrected chi connectivity index (χ3v) is 4.30. The number of amides is 1. The average molecular weight is 311 g/mol. The van der Waals surface area contributed by atoms with Crippen molar-refractivity contribution in [1.82, 2.24) is 0 Å². The number of carboxylic acid groups (broad SMARTS) is 1. The van der Waals surface area contributed by atoms with Gasteiger partial charge in [0.25, 0.3) is 5.91 Å². The lowest BCUT2D eigenvalue weighted by molar-refractivity contribution is -0.136. The molecule has 1 N–H and O–H groups in total. The van der Waals surface area contributed by atoms with Crippen molar-refractivity contribution in [2.75, 3.05) is 11.4 Å². The highest BCUT2D eigenvalue weighted by Gasteiger charge is 2.30. The smallest absolute Gasteiger partial charge is 0.323 e. The van der Waals surface area contributed by atoms with Crippen LogP contribution in [0.3, 0.4) is 0 Å². The van der Waals surface area contributed by atoms with Gasteiger partial charge in [-0.15, -0.1) is 0 Å². The Bertz CT molecular complexity index is 756. The summed E-state index contributed by atoms with van der Waals surface area (Å²) in [6.45, 7) is -0.345. The molecule has 0 saturated carbocycles. The molecule has 3 rings (SSSR count). The molecule has 0 aliphatic carbocycles. The van der Waals surface area contributed by atoms with Crippen LogP contribution in [0, 0.1) is 0 Å². The summed E-state index contributed by atoms with van der Waals surface area (Å²) in [6.07, 6.45) is 1.79. The SMILES string of the molecule is O=C(O)CN1C(=O)/C(=C/c2ccccc2)Sc2ccccc21. The average Bonchev–Trinajstić information content (AvgIpc) is 2.52. The van der Waals surface area contributed by atoms with Crippen molar-refractivity contribution >= 4 is 35.4 Å². The van der Waals surface area contributed by atoms with Gasteiger partial charge in [0, 0.05) is 4.90 Å². The van der Waals surface area contributed by atoms with E-state index in [0.717, 1.165) is 10.5 Å². The summed E-state index contributed by atoms with van der Waals surface area (Å²) in [5.74, 6) is -1.32. The number of para-hydroxylation sites is 1. The number of carbonyl (C=O) groups is 2. The number of hydrogen-bond donors (Lipinski definition) is 1. The molecule has 4 nitrogen and oxygen atoms in total. The highest BCUT2D eigenvalue weighted by molar-refractivity contribution is 8.04. The Morgan fingerprint density at radius 2 is 1.77 bits per heavy atom. The lowest BCUT2D eigenvalue weighted by Crippen LogP contribution is -2.38. The lowest BCUT2D eigenvalue weighted by Gasteiger charge is -2.28. The zero-order valence-corrected chi connectivity index (χ0v) is 12.4. The van der Waals surface area contributed by atoms with E-state index in [9.17, 15) is 9.59 Å². The van der Waals surface area contributed by atoms with Gasteiger partial charge in [-0.05, 0) is 23.8 Å². The summed E-state index contributed by atoms with van der Waals surface area (Å²) in [6, 6.07) is 16.8. The van der Waals surface area contributed by atoms with Crippen LogP contribution in [-0.2, 0) is 9.59 Å². The van der Waals surface area contributed by atoms with E-state index in [4.69, 9.17) is 5.11 Å². The summed E-state index contributed by atoms with van der Waals surface area (Å²) in [5.41, 5.74) is 1.55. The fraction of sp³-hybridized carbons (Fsp3) is 0.0588. The zero-order chi connectivity index (χ0) is 15.5. The molecular formula is C17H13NO3S. The molecule has 0 radical (unpaired) electrons. The van der Waals surface area contributed by atoms with Crippen LogP contribution in [0.4, 0.5) is 5.69 Å². The van der Waals surface area contributed by atoms with Crippen molar-refractivity contribution in [3.63, 3.8) is 0 Å². The standard InChI is InChI=1S/C17H13NO3S/c19-16(20)11-18-13-8-4-5-9-14(13)22-15(17(18)21)10-12-6-2-1-3-7-12/h1-10H,11H2,(H,19,20)/b15-10-. The number of anilines is 1. The number of thioether (sulfide) groups is 1. The Labute approximate surface area is 132 Å². The molecule has 1 amide bonds. The van der Waals surface area contributed by atoms with Crippen LogP contribution in [0.1, 0.15) is 5.56 Å². The largest absolute Gasteiger partial charge is 0.480 e. The second-order valence-corrected chi connectivity index (χ2v) is 5.86. The molecule has 0 fully saturated rings. The van der Waals surface area contributed by atoms with Gasteiger partial charge in [-0.2, -0.15) is 0 Å². The minimum absolute atomic E-state index is 0.282. The van der Waals surface area contributed by atoms with Crippen molar-refractivity contribution < 1.29 is 14.7 Å². The van der Waals surface area contributed by atoms with Crippen LogP contribution >= 0.6 is 11.8 Å². The summed E-state index contributed by atoms with van der Waals surface area (Å²) in [5, 5.41) is 9.06. The Balaban J connectivity index is 2.03. The predicted octanol–water partition coefficient (Wildman–Crippen LogP) is 3.25. The van der Waals surface area contributed by atoms with Crippen LogP contribution in [-0.4, -0.2) is 23.5 Å². The minimum Gasteiger partial charge on any atom is -0.480 e. The van der Waals surface area contributed by atoms with Crippen molar-refractivity contribution in [2.45, 2.75) is 4.90 Å². The Morgan fingerprint density at radius 3 is 2.50 bits per heavy atom. The third-order valence-electron chi connectivity index (χ3n) is 3.22. The maximum atomic E-state index is 12.6. The number of carbonyl (C=O) groups excluding carboxylic acids is 1. The number of nitrogens with zero attached hydrogens (tertiary/aromatic N) is 1. The molecule has 2 aromatic rings. The molecule has 5 heteroatoms. The first-order chi connectivity index (χ1) is 10.6. The van der Waals surface area contributed by atoms with Crippen molar-refractivity contribution in [3.05, 3.63) is 65.1 Å². The van der Waals surface area contributed by atoms with E-state index >= 15 is 0 Å². The van der Waals surface area contributed by atoms with Crippen molar-refractivity contribution in [1.29, 1.82) is 0 Å². The number of aliphatic carboxylic acids is 1. The second-order valence-electron chi connectivity index (χ2n) is 4.77. The van der Waals surface area contributed by atoms with Gasteiger partial charge in [-0.1, -0.05) is 54.2 Å². The first-order valence-corrected chi connectivity index (χ1v) is 7.54. The minimum atomic E-state index is -1.03. The molecule has 0 aromatic heterocycles. The van der Waals surface area contributed by atoms with Crippen molar-refractivity contribution in [2.24, 2.45) is 0 Å². The Hall–Kier alpha value is -2.53. The number of rotatable bonds is 3. The maximum absolute atomic E-state index is 12.6. The first kappa shape index (κ1) is 14.4. The number of benzene rings is 2. The van der Waals surface area contributed by atoms with E-state index in [1.165, 1.54) is 16.7 Å². The van der Waals surface area contributed by atoms with Crippen LogP contribution < -0.4 is 4.90 Å². The quantitative estimate of drug-likeness (QED) is 0.884. The van der Waals surface area contributed by atoms with Crippen LogP contribution in [0.2, 0.25) is 0 Å². The molecule has 1 heterocycles. The van der Waals surface area contributed by atoms with E-state index < -0.39 is 5.97 Å². The van der Waals surface area contributed by atoms with Gasteiger partial charge in [-0.25, -0.2) is 0 Å². The van der Waals surface area contributed by atoms with E-state index in [2.05, 4.69) is 0 Å². The summed E-state index contributed by atoms with van der Waals surface area (Å²) in [7, 11) is 0. The van der Waals surface area contributed by atoms with Gasteiger partial charge in [0.2, 0.25) is 0 Å². The number of carboxylic acids is 1. The summed E-state index contributed by atoms with van der Waals surface area (Å²) < 4.78 is 0. The van der Waals surface area contributed by atoms with Gasteiger partial charge >= 0.3 is 5.97 Å². The normalized spacial score (nSPS) is 15.7. The summed E-state index contributed by atoms with van der Waals surface area (Å²) >= 11 is 1.37. The Morgan fingerprint density at radius 1 is 1.09 bits per heavy atom. The van der Waals surface area contributed by atoms with E-state index in [0.29, 0.717) is 10.6 Å². The zero-order valence-electron chi connectivity index (χ0n) is 11.6. The molecule has 110 valence electrons. The maximum Gasteiger partial charge on any atom is 0.323 e. The second kappa shape index (κ2) is 6.07. The Kier molecular flexibility index (Phi) is 3.98. The number of hydrogen-bond acceptors (Lipinski definition) is 3. The van der Waals surface area contributed by atoms with Gasteiger partial charge < -0.3 is 5.11 Å². The molecule has 1 aliphatic rings. The van der Waals surface area contributed by atoms with E-state index in [1.54, 1.807) is 18.2 Å². The molecule has 2 aromatic carbocycles. The molecule has 0 bridgehead atoms. The van der Waals surface area contributed by atoms with Crippen LogP contribution in [0.5, 0.6) is 0 Å². The predicted molar refractivity (Wildman–Crippen MR) is 86.7 cm³/mol. The van der Waals surface area contributed by atoms with Gasteiger partial charge in [0.15, 0.2) is 0 Å². The van der Waals surface area contributed by atoms with Crippen LogP contribution in [0.25, 0.3) is 6.08 Å². The lowest BCUT2D eigenvalue weighted by atomic mass is 10.2. The highest BCUT2D eigenvalue weighted by Crippen LogP contribution is 2.41. The molecular weight excluding hydrogens is 298 g/mol. The van der Waals surface area contributed by atoms with E-state index in [1.807, 2.05) is 42.5 Å². The van der Waals surface area contributed by atoms with Gasteiger partial charge in [-0.3, -0.25) is 14.5 Å². The molecule has 0 saturated heterocycles. The summed E-state index contributed by atoms with van der Waals surface area (Å²) in [4.78, 5) is 26.4. The van der Waals surface area contributed by atoms with E-state index in [-0.39, 0.29) is 12.5 Å². The first-order valence-electron chi connectivity index (χ1n) is 6.72. The van der Waals surface area contributed by atoms with Gasteiger partial charge in [0.1, 0.15) is 6.54 Å². The van der Waals surface area contributed by atoms with Crippen molar-refractivity contribution in [3.8, 4) is 0 Å². The highest BCUT2D eigenvalue weighted by atomic mass is 32.2. The van der Waals surface area contributed by atoms with Gasteiger partial charge in [0.05, 0.1) is 10.6 Å². The monoisotopic (exact) mass is 311 g/mol. The van der Waals surface area contributed by atoms with Crippen LogP contribution in [0.15, 0.2) is 64.4 Å². The molecule has 22 heavy (non-hydrogen) atoms. The fourth-order valence-electron chi connectivity index (χ4n) is 2.26.